The Morgan fingerprint density at radius 1 is 1.33 bits per heavy atom. The summed E-state index contributed by atoms with van der Waals surface area (Å²) < 4.78 is 30.7. The van der Waals surface area contributed by atoms with Crippen LogP contribution in [0.25, 0.3) is 0 Å². The fourth-order valence-electron chi connectivity index (χ4n) is 0.873. The van der Waals surface area contributed by atoms with Gasteiger partial charge in [0.2, 0.25) is 0 Å². The molecule has 1 N–H and O–H groups in total. The molecule has 0 fully saturated rings. The number of hydrogen-bond donors (Lipinski definition) is 1. The van der Waals surface area contributed by atoms with Crippen molar-refractivity contribution in [3.05, 3.63) is 12.7 Å². The molecule has 0 aliphatic rings. The summed E-state index contributed by atoms with van der Waals surface area (Å²) in [5, 5.41) is 0. The second kappa shape index (κ2) is 8.49. The Bertz CT molecular complexity index is 320. The SMILES string of the molecule is C=CC(=O)N(C(C)(C)C)S(=O)(=O)O.[K+].[K+]. The van der Waals surface area contributed by atoms with Gasteiger partial charge >= 0.3 is 113 Å². The van der Waals surface area contributed by atoms with E-state index in [1.54, 1.807) is 0 Å². The molecule has 0 spiro atoms. The Balaban J connectivity index is -0.000000720. The molecular weight excluding hydrogens is 272 g/mol. The van der Waals surface area contributed by atoms with Crippen molar-refractivity contribution in [1.82, 2.24) is 4.31 Å². The van der Waals surface area contributed by atoms with E-state index in [1.165, 1.54) is 20.8 Å². The third-order valence-electron chi connectivity index (χ3n) is 1.21. The fraction of sp³-hybridized carbons (Fsp3) is 0.571. The molecule has 0 atom stereocenters. The molecule has 0 aromatic heterocycles. The standard InChI is InChI=1S/C7H13NO4S.2K/c1-5-6(9)8(7(2,3)4)13(10,11)12;;/h5H,1H2,2-4H3,(H,10,11,12);;/q;2*+1. The third-order valence-corrected chi connectivity index (χ3v) is 2.40. The molecule has 0 aliphatic heterocycles. The van der Waals surface area contributed by atoms with Crippen molar-refractivity contribution in [3.63, 3.8) is 0 Å². The van der Waals surface area contributed by atoms with Gasteiger partial charge in [-0.15, -0.1) is 0 Å². The van der Waals surface area contributed by atoms with Gasteiger partial charge in [0, 0.05) is 0 Å². The molecule has 1 amide bonds. The number of hydrogen-bond acceptors (Lipinski definition) is 3. The van der Waals surface area contributed by atoms with Crippen LogP contribution in [0.1, 0.15) is 20.8 Å². The molecule has 0 aromatic carbocycles. The predicted octanol–water partition coefficient (Wildman–Crippen LogP) is -5.39. The Morgan fingerprint density at radius 2 is 1.67 bits per heavy atom. The van der Waals surface area contributed by atoms with Gasteiger partial charge in [-0.3, -0.25) is 9.35 Å². The summed E-state index contributed by atoms with van der Waals surface area (Å²) in [7, 11) is -4.52. The van der Waals surface area contributed by atoms with Crippen molar-refractivity contribution in [2.45, 2.75) is 26.3 Å². The van der Waals surface area contributed by atoms with Crippen LogP contribution in [0.3, 0.4) is 0 Å². The van der Waals surface area contributed by atoms with Gasteiger partial charge in [0.05, 0.1) is 5.54 Å². The summed E-state index contributed by atoms with van der Waals surface area (Å²) in [5.74, 6) is -0.852. The summed E-state index contributed by atoms with van der Waals surface area (Å²) in [6.07, 6.45) is 0.832. The van der Waals surface area contributed by atoms with Gasteiger partial charge in [0.1, 0.15) is 0 Å². The monoisotopic (exact) mass is 285 g/mol. The van der Waals surface area contributed by atoms with Crippen molar-refractivity contribution >= 4 is 16.2 Å². The van der Waals surface area contributed by atoms with Gasteiger partial charge < -0.3 is 0 Å². The summed E-state index contributed by atoms with van der Waals surface area (Å²) >= 11 is 0. The first-order valence-electron chi connectivity index (χ1n) is 3.55. The predicted molar refractivity (Wildman–Crippen MR) is 48.3 cm³/mol. The second-order valence-corrected chi connectivity index (χ2v) is 4.72. The molecule has 0 rings (SSSR count). The normalized spacial score (nSPS) is 10.7. The van der Waals surface area contributed by atoms with Gasteiger partial charge in [-0.25, -0.2) is 4.31 Å². The smallest absolute Gasteiger partial charge is 0.269 e. The minimum absolute atomic E-state index is 0. The molecule has 0 saturated carbocycles. The van der Waals surface area contributed by atoms with E-state index in [0.717, 1.165) is 6.08 Å². The average Bonchev–Trinajstić information content (AvgIpc) is 1.80. The van der Waals surface area contributed by atoms with E-state index in [2.05, 4.69) is 6.58 Å². The van der Waals surface area contributed by atoms with Gasteiger partial charge in [-0.1, -0.05) is 6.58 Å². The first-order valence-corrected chi connectivity index (χ1v) is 4.94. The van der Waals surface area contributed by atoms with Gasteiger partial charge in [-0.05, 0) is 26.8 Å². The molecule has 0 saturated heterocycles. The Kier molecular flexibility index (Phi) is 12.8. The minimum Gasteiger partial charge on any atom is -0.269 e. The maximum Gasteiger partial charge on any atom is 1.00 e. The second-order valence-electron chi connectivity index (χ2n) is 3.46. The molecule has 0 unspecified atom stereocenters. The zero-order valence-electron chi connectivity index (χ0n) is 9.81. The van der Waals surface area contributed by atoms with E-state index in [9.17, 15) is 13.2 Å². The zero-order chi connectivity index (χ0) is 10.9. The van der Waals surface area contributed by atoms with Crippen LogP contribution in [0.15, 0.2) is 12.7 Å². The molecule has 0 bridgehead atoms. The molecular formula is C7H13K2NO4S+2. The summed E-state index contributed by atoms with van der Waals surface area (Å²) in [6.45, 7) is 7.61. The van der Waals surface area contributed by atoms with E-state index in [4.69, 9.17) is 4.55 Å². The van der Waals surface area contributed by atoms with Crippen LogP contribution >= 0.6 is 0 Å². The molecule has 8 heteroatoms. The van der Waals surface area contributed by atoms with Crippen LogP contribution in [0.4, 0.5) is 0 Å². The molecule has 0 aliphatic carbocycles. The van der Waals surface area contributed by atoms with E-state index >= 15 is 0 Å². The number of amides is 1. The first kappa shape index (κ1) is 22.6. The van der Waals surface area contributed by atoms with E-state index in [0.29, 0.717) is 4.31 Å². The Hall–Kier alpha value is 2.39. The minimum atomic E-state index is -4.52. The van der Waals surface area contributed by atoms with Gasteiger partial charge in [0.25, 0.3) is 5.91 Å². The van der Waals surface area contributed by atoms with Crippen LogP contribution in [0.5, 0.6) is 0 Å². The largest absolute Gasteiger partial charge is 1.00 e. The molecule has 0 radical (unpaired) electrons. The third kappa shape index (κ3) is 8.17. The topological polar surface area (TPSA) is 74.7 Å². The van der Waals surface area contributed by atoms with Crippen molar-refractivity contribution in [2.24, 2.45) is 0 Å². The van der Waals surface area contributed by atoms with Crippen LogP contribution in [-0.4, -0.2) is 28.7 Å². The van der Waals surface area contributed by atoms with Crippen molar-refractivity contribution in [1.29, 1.82) is 0 Å². The van der Waals surface area contributed by atoms with Crippen molar-refractivity contribution in [3.8, 4) is 0 Å². The van der Waals surface area contributed by atoms with Crippen LogP contribution in [0, 0.1) is 0 Å². The zero-order valence-corrected chi connectivity index (χ0v) is 16.9. The molecule has 76 valence electrons. The van der Waals surface area contributed by atoms with E-state index in [1.807, 2.05) is 0 Å². The molecule has 0 heterocycles. The fourth-order valence-corrected chi connectivity index (χ4v) is 1.87. The number of nitrogens with zero attached hydrogens (tertiary/aromatic N) is 1. The van der Waals surface area contributed by atoms with Crippen molar-refractivity contribution in [2.75, 3.05) is 0 Å². The van der Waals surface area contributed by atoms with Crippen LogP contribution in [0.2, 0.25) is 0 Å². The number of carbonyl (C=O) groups excluding carboxylic acids is 1. The summed E-state index contributed by atoms with van der Waals surface area (Å²) in [5.41, 5.74) is -1.00. The van der Waals surface area contributed by atoms with E-state index in [-0.39, 0.29) is 103 Å². The molecule has 0 aromatic rings. The van der Waals surface area contributed by atoms with Crippen molar-refractivity contribution < 1.29 is 121 Å². The maximum atomic E-state index is 11.1. The summed E-state index contributed by atoms with van der Waals surface area (Å²) in [4.78, 5) is 11.1. The first-order chi connectivity index (χ1) is 5.60. The maximum absolute atomic E-state index is 11.1. The Morgan fingerprint density at radius 3 is 1.73 bits per heavy atom. The number of carbonyl (C=O) groups is 1. The quantitative estimate of drug-likeness (QED) is 0.312. The van der Waals surface area contributed by atoms with Gasteiger partial charge in [-0.2, -0.15) is 8.42 Å². The van der Waals surface area contributed by atoms with E-state index < -0.39 is 21.8 Å². The average molecular weight is 285 g/mol. The van der Waals surface area contributed by atoms with Crippen LogP contribution < -0.4 is 103 Å². The number of rotatable bonds is 2. The Labute approximate surface area is 176 Å². The van der Waals surface area contributed by atoms with Gasteiger partial charge in [0.15, 0.2) is 0 Å². The molecule has 15 heavy (non-hydrogen) atoms. The molecule has 5 nitrogen and oxygen atoms in total. The van der Waals surface area contributed by atoms with Crippen LogP contribution in [-0.2, 0) is 15.1 Å². The summed E-state index contributed by atoms with van der Waals surface area (Å²) in [6, 6.07) is 0.